The number of para-hydroxylation sites is 1. The van der Waals surface area contributed by atoms with Gasteiger partial charge in [-0.2, -0.15) is 4.31 Å². The van der Waals surface area contributed by atoms with Gasteiger partial charge < -0.3 is 15.2 Å². The summed E-state index contributed by atoms with van der Waals surface area (Å²) < 4.78 is 42.6. The number of sulfonamides is 1. The van der Waals surface area contributed by atoms with Gasteiger partial charge in [-0.15, -0.1) is 0 Å². The average molecular weight is 619 g/mol. The highest BCUT2D eigenvalue weighted by Crippen LogP contribution is 2.31. The minimum absolute atomic E-state index is 0.0495. The quantitative estimate of drug-likeness (QED) is 0.294. The number of anilines is 1. The van der Waals surface area contributed by atoms with Crippen LogP contribution in [0.2, 0.25) is 5.02 Å². The Hall–Kier alpha value is -3.25. The van der Waals surface area contributed by atoms with Gasteiger partial charge >= 0.3 is 6.03 Å². The van der Waals surface area contributed by atoms with Crippen LogP contribution in [0.5, 0.6) is 0 Å². The van der Waals surface area contributed by atoms with Crippen LogP contribution in [0.15, 0.2) is 82.3 Å². The van der Waals surface area contributed by atoms with Gasteiger partial charge in [0, 0.05) is 49.2 Å². The van der Waals surface area contributed by atoms with Crippen molar-refractivity contribution in [3.63, 3.8) is 0 Å². The van der Waals surface area contributed by atoms with Crippen molar-refractivity contribution in [3.8, 4) is 22.6 Å². The average Bonchev–Trinajstić information content (AvgIpc) is 3.41. The molecule has 2 heterocycles. The maximum atomic E-state index is 14.0. The Morgan fingerprint density at radius 1 is 1.00 bits per heavy atom. The number of halogens is 3. The largest absolute Gasteiger partial charge is 0.344 e. The third-order valence-corrected chi connectivity index (χ3v) is 9.19. The lowest BCUT2D eigenvalue weighted by molar-refractivity contribution is 0.184. The highest BCUT2D eigenvalue weighted by Gasteiger charge is 2.32. The predicted octanol–water partition coefficient (Wildman–Crippen LogP) is 5.84. The first-order valence-corrected chi connectivity index (χ1v) is 14.3. The zero-order valence-corrected chi connectivity index (χ0v) is 23.0. The number of hydrogen-bond acceptors (Lipinski definition) is 4. The van der Waals surface area contributed by atoms with E-state index in [1.54, 1.807) is 41.4 Å². The van der Waals surface area contributed by atoms with Gasteiger partial charge in [0.25, 0.3) is 0 Å². The van der Waals surface area contributed by atoms with Crippen molar-refractivity contribution >= 4 is 49.3 Å². The summed E-state index contributed by atoms with van der Waals surface area (Å²) in [6.45, 7) is 0.733. The van der Waals surface area contributed by atoms with Gasteiger partial charge in [0.2, 0.25) is 10.0 Å². The van der Waals surface area contributed by atoms with E-state index in [9.17, 15) is 17.6 Å². The van der Waals surface area contributed by atoms with E-state index >= 15 is 0 Å². The molecule has 2 amide bonds. The molecule has 3 aromatic carbocycles. The first kappa shape index (κ1) is 26.4. The molecule has 0 bridgehead atoms. The lowest BCUT2D eigenvalue weighted by atomic mass is 10.2. The molecule has 1 aliphatic heterocycles. The van der Waals surface area contributed by atoms with Crippen molar-refractivity contribution in [3.05, 3.63) is 88.2 Å². The summed E-state index contributed by atoms with van der Waals surface area (Å²) in [7, 11) is -3.94. The zero-order chi connectivity index (χ0) is 26.9. The molecule has 0 unspecified atom stereocenters. The number of amides is 2. The van der Waals surface area contributed by atoms with E-state index in [2.05, 4.69) is 31.2 Å². The molecule has 5 rings (SSSR count). The van der Waals surface area contributed by atoms with Crippen LogP contribution in [0, 0.1) is 5.82 Å². The number of nitrogens with one attached hydrogen (secondary N) is 2. The zero-order valence-electron chi connectivity index (χ0n) is 19.9. The maximum absolute atomic E-state index is 14.0. The smallest absolute Gasteiger partial charge is 0.321 e. The second-order valence-corrected chi connectivity index (χ2v) is 11.8. The fraction of sp³-hybridized carbons (Fsp3) is 0.154. The molecule has 0 aliphatic carbocycles. The number of nitrogens with zero attached hydrogens (tertiary/aromatic N) is 3. The molecule has 1 aromatic heterocycles. The standard InChI is InChI=1S/C26H22BrClFN5O3S/c27-20-8-6-17(14-22(20)29)23-16-30-25(32-23)18-7-9-21(28)24(15-18)38(36,37)34-12-10-33(11-13-34)26(35)31-19-4-2-1-3-5-19/h1-9,14-16H,10-13H2,(H,30,32)(H,31,35). The van der Waals surface area contributed by atoms with E-state index in [4.69, 9.17) is 11.6 Å². The minimum Gasteiger partial charge on any atom is -0.344 e. The number of urea groups is 1. The lowest BCUT2D eigenvalue weighted by Crippen LogP contribution is -2.51. The Bertz CT molecular complexity index is 1590. The van der Waals surface area contributed by atoms with E-state index in [0.717, 1.165) is 0 Å². The lowest BCUT2D eigenvalue weighted by Gasteiger charge is -2.34. The molecule has 1 aliphatic rings. The van der Waals surface area contributed by atoms with Crippen LogP contribution in [-0.2, 0) is 10.0 Å². The predicted molar refractivity (Wildman–Crippen MR) is 148 cm³/mol. The molecule has 196 valence electrons. The van der Waals surface area contributed by atoms with Crippen molar-refractivity contribution in [1.29, 1.82) is 0 Å². The second kappa shape index (κ2) is 10.9. The highest BCUT2D eigenvalue weighted by molar-refractivity contribution is 9.10. The molecule has 0 radical (unpaired) electrons. The van der Waals surface area contributed by atoms with Gasteiger partial charge in [-0.1, -0.05) is 35.9 Å². The molecule has 0 atom stereocenters. The number of hydrogen-bond donors (Lipinski definition) is 2. The minimum atomic E-state index is -3.94. The van der Waals surface area contributed by atoms with Crippen molar-refractivity contribution in [2.45, 2.75) is 4.90 Å². The van der Waals surface area contributed by atoms with Crippen molar-refractivity contribution < 1.29 is 17.6 Å². The summed E-state index contributed by atoms with van der Waals surface area (Å²) in [4.78, 5) is 21.6. The molecule has 4 aromatic rings. The number of carbonyl (C=O) groups excluding carboxylic acids is 1. The van der Waals surface area contributed by atoms with E-state index in [1.165, 1.54) is 22.5 Å². The number of aromatic amines is 1. The Kier molecular flexibility index (Phi) is 7.53. The van der Waals surface area contributed by atoms with Gasteiger partial charge in [0.1, 0.15) is 16.5 Å². The van der Waals surface area contributed by atoms with Gasteiger partial charge in [-0.25, -0.2) is 22.6 Å². The van der Waals surface area contributed by atoms with Gasteiger partial charge in [0.15, 0.2) is 0 Å². The molecule has 0 saturated carbocycles. The maximum Gasteiger partial charge on any atom is 0.321 e. The normalized spacial score (nSPS) is 14.4. The summed E-state index contributed by atoms with van der Waals surface area (Å²) in [5.41, 5.74) is 2.26. The fourth-order valence-corrected chi connectivity index (χ4v) is 6.29. The second-order valence-electron chi connectivity index (χ2n) is 8.60. The number of piperazine rings is 1. The highest BCUT2D eigenvalue weighted by atomic mass is 79.9. The third-order valence-electron chi connectivity index (χ3n) is 6.17. The van der Waals surface area contributed by atoms with Gasteiger partial charge in [0.05, 0.1) is 15.2 Å². The summed E-state index contributed by atoms with van der Waals surface area (Å²) in [6, 6.07) is 18.1. The molecule has 12 heteroatoms. The molecule has 1 fully saturated rings. The van der Waals surface area contributed by atoms with E-state index < -0.39 is 15.8 Å². The van der Waals surface area contributed by atoms with Crippen LogP contribution < -0.4 is 5.32 Å². The van der Waals surface area contributed by atoms with E-state index in [-0.39, 0.29) is 42.1 Å². The molecule has 2 N–H and O–H groups in total. The third kappa shape index (κ3) is 5.46. The Morgan fingerprint density at radius 2 is 1.71 bits per heavy atom. The first-order chi connectivity index (χ1) is 18.2. The van der Waals surface area contributed by atoms with Crippen molar-refractivity contribution in [2.24, 2.45) is 0 Å². The Balaban J connectivity index is 1.32. The molecule has 0 spiro atoms. The van der Waals surface area contributed by atoms with Crippen LogP contribution >= 0.6 is 27.5 Å². The van der Waals surface area contributed by atoms with Gasteiger partial charge in [-0.05, 0) is 58.4 Å². The molecule has 8 nitrogen and oxygen atoms in total. The van der Waals surface area contributed by atoms with Gasteiger partial charge in [-0.3, -0.25) is 0 Å². The van der Waals surface area contributed by atoms with Crippen molar-refractivity contribution in [2.75, 3.05) is 31.5 Å². The molecule has 38 heavy (non-hydrogen) atoms. The number of rotatable bonds is 5. The van der Waals surface area contributed by atoms with Crippen LogP contribution in [0.1, 0.15) is 0 Å². The number of carbonyl (C=O) groups is 1. The van der Waals surface area contributed by atoms with Crippen LogP contribution in [0.4, 0.5) is 14.9 Å². The van der Waals surface area contributed by atoms with Crippen LogP contribution in [0.3, 0.4) is 0 Å². The Morgan fingerprint density at radius 3 is 2.42 bits per heavy atom. The molecular weight excluding hydrogens is 597 g/mol. The SMILES string of the molecule is O=C(Nc1ccccc1)N1CCN(S(=O)(=O)c2cc(-c3nc(-c4ccc(Br)c(F)c4)c[nH]3)ccc2Cl)CC1. The summed E-state index contributed by atoms with van der Waals surface area (Å²) in [5.74, 6) is 0.00316. The van der Waals surface area contributed by atoms with E-state index in [0.29, 0.717) is 32.8 Å². The summed E-state index contributed by atoms with van der Waals surface area (Å²) in [6.07, 6.45) is 1.63. The van der Waals surface area contributed by atoms with Crippen LogP contribution in [0.25, 0.3) is 22.6 Å². The first-order valence-electron chi connectivity index (χ1n) is 11.6. The van der Waals surface area contributed by atoms with Crippen LogP contribution in [-0.4, -0.2) is 59.8 Å². The summed E-state index contributed by atoms with van der Waals surface area (Å²) in [5, 5.41) is 2.90. The number of imidazole rings is 1. The number of aromatic nitrogens is 2. The fourth-order valence-electron chi connectivity index (χ4n) is 4.12. The molecule has 1 saturated heterocycles. The monoisotopic (exact) mass is 617 g/mol. The Labute approximate surface area is 232 Å². The van der Waals surface area contributed by atoms with Crippen molar-refractivity contribution in [1.82, 2.24) is 19.2 Å². The van der Waals surface area contributed by atoms with E-state index in [1.807, 2.05) is 18.2 Å². The number of H-pyrrole nitrogens is 1. The summed E-state index contributed by atoms with van der Waals surface area (Å²) >= 11 is 9.47. The number of benzene rings is 3. The topological polar surface area (TPSA) is 98.4 Å². The molecular formula is C26H22BrClFN5O3S.